The number of carbonyl (C=O) groups excluding carboxylic acids is 1. The number of imidazole rings is 1. The number of aromatic nitrogens is 4. The Kier molecular flexibility index (Phi) is 3.72. The van der Waals surface area contributed by atoms with Crippen molar-refractivity contribution >= 4 is 16.9 Å². The van der Waals surface area contributed by atoms with Gasteiger partial charge in [-0.1, -0.05) is 12.1 Å². The fourth-order valence-electron chi connectivity index (χ4n) is 3.47. The van der Waals surface area contributed by atoms with Crippen LogP contribution in [0.15, 0.2) is 42.9 Å². The zero-order valence-electron chi connectivity index (χ0n) is 13.6. The lowest BCUT2D eigenvalue weighted by Gasteiger charge is -2.32. The highest BCUT2D eigenvalue weighted by molar-refractivity contribution is 5.92. The average molecular weight is 321 g/mol. The molecule has 0 saturated carbocycles. The summed E-state index contributed by atoms with van der Waals surface area (Å²) in [6.45, 7) is 1.43. The Balaban J connectivity index is 1.60. The van der Waals surface area contributed by atoms with Crippen molar-refractivity contribution < 1.29 is 4.79 Å². The number of amides is 1. The van der Waals surface area contributed by atoms with E-state index in [0.29, 0.717) is 12.2 Å². The summed E-state index contributed by atoms with van der Waals surface area (Å²) in [5.74, 6) is 1.25. The van der Waals surface area contributed by atoms with E-state index in [1.54, 1.807) is 12.4 Å². The first-order valence-corrected chi connectivity index (χ1v) is 8.20. The van der Waals surface area contributed by atoms with Crippen LogP contribution in [-0.4, -0.2) is 43.4 Å². The van der Waals surface area contributed by atoms with Gasteiger partial charge in [-0.2, -0.15) is 0 Å². The third kappa shape index (κ3) is 2.54. The summed E-state index contributed by atoms with van der Waals surface area (Å²) in [7, 11) is 2.05. The number of hydrogen-bond donors (Lipinski definition) is 0. The van der Waals surface area contributed by atoms with E-state index in [1.807, 2.05) is 30.1 Å². The molecule has 0 bridgehead atoms. The Labute approximate surface area is 140 Å². The summed E-state index contributed by atoms with van der Waals surface area (Å²) in [6.07, 6.45) is 6.68. The number of carbonyl (C=O) groups is 1. The van der Waals surface area contributed by atoms with Crippen LogP contribution in [0, 0.1) is 0 Å². The average Bonchev–Trinajstić information content (AvgIpc) is 2.99. The molecule has 0 N–H and O–H groups in total. The lowest BCUT2D eigenvalue weighted by molar-refractivity contribution is 0.0697. The van der Waals surface area contributed by atoms with E-state index in [0.717, 1.165) is 36.2 Å². The quantitative estimate of drug-likeness (QED) is 0.727. The molecule has 2 aromatic heterocycles. The van der Waals surface area contributed by atoms with Crippen LogP contribution in [0.3, 0.4) is 0 Å². The number of hydrogen-bond acceptors (Lipinski definition) is 4. The van der Waals surface area contributed by atoms with Gasteiger partial charge in [-0.15, -0.1) is 0 Å². The van der Waals surface area contributed by atoms with Crippen molar-refractivity contribution in [2.75, 3.05) is 13.1 Å². The zero-order chi connectivity index (χ0) is 16.5. The molecule has 0 spiro atoms. The topological polar surface area (TPSA) is 63.9 Å². The lowest BCUT2D eigenvalue weighted by Crippen LogP contribution is -2.40. The van der Waals surface area contributed by atoms with Crippen molar-refractivity contribution in [3.63, 3.8) is 0 Å². The summed E-state index contributed by atoms with van der Waals surface area (Å²) >= 11 is 0. The van der Waals surface area contributed by atoms with E-state index in [4.69, 9.17) is 4.98 Å². The molecule has 0 radical (unpaired) electrons. The maximum atomic E-state index is 12.6. The van der Waals surface area contributed by atoms with Gasteiger partial charge in [-0.3, -0.25) is 9.78 Å². The number of fused-ring (bicyclic) bond motifs is 1. The van der Waals surface area contributed by atoms with Crippen molar-refractivity contribution in [3.8, 4) is 0 Å². The molecular weight excluding hydrogens is 302 g/mol. The first-order valence-electron chi connectivity index (χ1n) is 8.20. The Morgan fingerprint density at radius 2 is 2.12 bits per heavy atom. The summed E-state index contributed by atoms with van der Waals surface area (Å²) in [6, 6.07) is 8.14. The molecule has 1 atom stereocenters. The molecule has 122 valence electrons. The maximum Gasteiger partial charge on any atom is 0.274 e. The van der Waals surface area contributed by atoms with Crippen molar-refractivity contribution in [3.05, 3.63) is 54.4 Å². The Hall–Kier alpha value is -2.76. The minimum absolute atomic E-state index is 0.0495. The molecule has 6 heteroatoms. The minimum Gasteiger partial charge on any atom is -0.337 e. The van der Waals surface area contributed by atoms with Gasteiger partial charge in [0.1, 0.15) is 11.5 Å². The van der Waals surface area contributed by atoms with Crippen LogP contribution < -0.4 is 0 Å². The second kappa shape index (κ2) is 6.03. The predicted octanol–water partition coefficient (Wildman–Crippen LogP) is 2.38. The first-order chi connectivity index (χ1) is 11.7. The van der Waals surface area contributed by atoms with Gasteiger partial charge >= 0.3 is 0 Å². The van der Waals surface area contributed by atoms with E-state index in [2.05, 4.69) is 20.6 Å². The Morgan fingerprint density at radius 1 is 1.25 bits per heavy atom. The van der Waals surface area contributed by atoms with E-state index >= 15 is 0 Å². The summed E-state index contributed by atoms with van der Waals surface area (Å²) < 4.78 is 2.15. The molecule has 3 heterocycles. The second-order valence-corrected chi connectivity index (χ2v) is 6.20. The van der Waals surface area contributed by atoms with E-state index in [9.17, 15) is 4.79 Å². The summed E-state index contributed by atoms with van der Waals surface area (Å²) in [4.78, 5) is 27.4. The largest absolute Gasteiger partial charge is 0.337 e. The first kappa shape index (κ1) is 14.8. The van der Waals surface area contributed by atoms with Gasteiger partial charge in [-0.05, 0) is 25.0 Å². The molecule has 6 nitrogen and oxygen atoms in total. The zero-order valence-corrected chi connectivity index (χ0v) is 13.6. The fourth-order valence-corrected chi connectivity index (χ4v) is 3.47. The normalized spacial score (nSPS) is 18.0. The molecule has 1 unspecified atom stereocenters. The molecule has 1 saturated heterocycles. The van der Waals surface area contributed by atoms with E-state index in [1.165, 1.54) is 6.20 Å². The predicted molar refractivity (Wildman–Crippen MR) is 90.6 cm³/mol. The molecule has 1 aliphatic heterocycles. The third-order valence-corrected chi connectivity index (χ3v) is 4.68. The van der Waals surface area contributed by atoms with Crippen molar-refractivity contribution in [2.45, 2.75) is 18.8 Å². The number of nitrogens with zero attached hydrogens (tertiary/aromatic N) is 5. The van der Waals surface area contributed by atoms with E-state index < -0.39 is 0 Å². The molecule has 24 heavy (non-hydrogen) atoms. The van der Waals surface area contributed by atoms with Crippen LogP contribution >= 0.6 is 0 Å². The number of benzene rings is 1. The number of aryl methyl sites for hydroxylation is 1. The van der Waals surface area contributed by atoms with Crippen molar-refractivity contribution in [1.29, 1.82) is 0 Å². The van der Waals surface area contributed by atoms with Gasteiger partial charge in [0.25, 0.3) is 5.91 Å². The molecule has 4 rings (SSSR count). The molecular formula is C18H19N5O. The van der Waals surface area contributed by atoms with Gasteiger partial charge in [0.05, 0.1) is 17.2 Å². The van der Waals surface area contributed by atoms with Crippen molar-refractivity contribution in [1.82, 2.24) is 24.4 Å². The number of piperidine rings is 1. The molecule has 1 amide bonds. The highest BCUT2D eigenvalue weighted by atomic mass is 16.2. The van der Waals surface area contributed by atoms with Gasteiger partial charge < -0.3 is 9.47 Å². The standard InChI is InChI=1S/C18H19N5O/c1-22-16-7-3-2-6-14(16)21-17(22)13-5-4-10-23(12-13)18(24)15-11-19-8-9-20-15/h2-3,6-9,11,13H,4-5,10,12H2,1H3. The monoisotopic (exact) mass is 321 g/mol. The van der Waals surface area contributed by atoms with Crippen LogP contribution in [-0.2, 0) is 7.05 Å². The number of likely N-dealkylation sites (tertiary alicyclic amines) is 1. The maximum absolute atomic E-state index is 12.6. The Morgan fingerprint density at radius 3 is 2.92 bits per heavy atom. The minimum atomic E-state index is -0.0495. The number of para-hydroxylation sites is 2. The highest BCUT2D eigenvalue weighted by Crippen LogP contribution is 2.29. The fraction of sp³-hybridized carbons (Fsp3) is 0.333. The summed E-state index contributed by atoms with van der Waals surface area (Å²) in [5, 5.41) is 0. The SMILES string of the molecule is Cn1c(C2CCCN(C(=O)c3cnccn3)C2)nc2ccccc21. The molecule has 1 fully saturated rings. The van der Waals surface area contributed by atoms with Crippen LogP contribution in [0.1, 0.15) is 35.1 Å². The van der Waals surface area contributed by atoms with Crippen LogP contribution in [0.5, 0.6) is 0 Å². The van der Waals surface area contributed by atoms with E-state index in [-0.39, 0.29) is 11.8 Å². The molecule has 1 aliphatic rings. The van der Waals surface area contributed by atoms with Gasteiger partial charge in [0.2, 0.25) is 0 Å². The molecule has 1 aromatic carbocycles. The number of rotatable bonds is 2. The summed E-state index contributed by atoms with van der Waals surface area (Å²) in [5.41, 5.74) is 2.54. The molecule has 0 aliphatic carbocycles. The van der Waals surface area contributed by atoms with Crippen LogP contribution in [0.4, 0.5) is 0 Å². The van der Waals surface area contributed by atoms with Crippen molar-refractivity contribution in [2.24, 2.45) is 7.05 Å². The highest BCUT2D eigenvalue weighted by Gasteiger charge is 2.28. The van der Waals surface area contributed by atoms with Gasteiger partial charge in [0, 0.05) is 38.4 Å². The smallest absolute Gasteiger partial charge is 0.274 e. The van der Waals surface area contributed by atoms with Crippen LogP contribution in [0.25, 0.3) is 11.0 Å². The lowest BCUT2D eigenvalue weighted by atomic mass is 9.97. The third-order valence-electron chi connectivity index (χ3n) is 4.68. The molecule has 3 aromatic rings. The Bertz CT molecular complexity index is 874. The van der Waals surface area contributed by atoms with Crippen LogP contribution in [0.2, 0.25) is 0 Å². The second-order valence-electron chi connectivity index (χ2n) is 6.20. The van der Waals surface area contributed by atoms with Gasteiger partial charge in [-0.25, -0.2) is 9.97 Å². The van der Waals surface area contributed by atoms with Gasteiger partial charge in [0.15, 0.2) is 0 Å².